The van der Waals surface area contributed by atoms with E-state index in [9.17, 15) is 0 Å². The highest BCUT2D eigenvalue weighted by molar-refractivity contribution is 5.63. The van der Waals surface area contributed by atoms with Crippen LogP contribution >= 0.6 is 0 Å². The molecule has 134 valence electrons. The van der Waals surface area contributed by atoms with Gasteiger partial charge in [0.25, 0.3) is 0 Å². The lowest BCUT2D eigenvalue weighted by Crippen LogP contribution is -2.06. The zero-order valence-electron chi connectivity index (χ0n) is 15.1. The number of para-hydroxylation sites is 3. The first kappa shape index (κ1) is 17.5. The number of aromatic nitrogens is 2. The first-order valence-corrected chi connectivity index (χ1v) is 8.31. The predicted octanol–water partition coefficient (Wildman–Crippen LogP) is 4.16. The molecule has 0 saturated carbocycles. The third-order valence-electron chi connectivity index (χ3n) is 3.86. The van der Waals surface area contributed by atoms with Crippen LogP contribution in [0.1, 0.15) is 11.3 Å². The highest BCUT2D eigenvalue weighted by Crippen LogP contribution is 2.26. The number of ether oxygens (including phenoxy) is 2. The summed E-state index contributed by atoms with van der Waals surface area (Å²) in [7, 11) is 3.31. The van der Waals surface area contributed by atoms with Crippen molar-refractivity contribution < 1.29 is 9.47 Å². The van der Waals surface area contributed by atoms with Crippen LogP contribution in [0.25, 0.3) is 0 Å². The number of hydrogen-bond donors (Lipinski definition) is 2. The van der Waals surface area contributed by atoms with Crippen molar-refractivity contribution in [3.05, 3.63) is 65.9 Å². The molecule has 0 unspecified atom stereocenters. The standard InChI is InChI=1S/C20H22N4O2/c1-14-12-19(21-13-15-8-4-6-10-17(15)25-2)24-20(22-14)23-16-9-5-7-11-18(16)26-3/h4-12H,13H2,1-3H3,(H2,21,22,23,24). The molecule has 1 aromatic heterocycles. The maximum Gasteiger partial charge on any atom is 0.229 e. The summed E-state index contributed by atoms with van der Waals surface area (Å²) in [5, 5.41) is 6.54. The molecule has 0 fully saturated rings. The molecular weight excluding hydrogens is 328 g/mol. The number of rotatable bonds is 7. The second-order valence-electron chi connectivity index (χ2n) is 5.71. The second kappa shape index (κ2) is 8.20. The summed E-state index contributed by atoms with van der Waals surface area (Å²) in [4.78, 5) is 9.00. The van der Waals surface area contributed by atoms with Gasteiger partial charge in [0.15, 0.2) is 0 Å². The van der Waals surface area contributed by atoms with E-state index in [0.29, 0.717) is 12.5 Å². The summed E-state index contributed by atoms with van der Waals surface area (Å²) in [5.74, 6) is 2.83. The number of methoxy groups -OCH3 is 2. The molecule has 0 radical (unpaired) electrons. The normalized spacial score (nSPS) is 10.3. The predicted molar refractivity (Wildman–Crippen MR) is 103 cm³/mol. The molecule has 26 heavy (non-hydrogen) atoms. The molecule has 6 nitrogen and oxygen atoms in total. The monoisotopic (exact) mass is 350 g/mol. The molecule has 2 aromatic carbocycles. The minimum Gasteiger partial charge on any atom is -0.496 e. The second-order valence-corrected chi connectivity index (χ2v) is 5.71. The summed E-state index contributed by atoms with van der Waals surface area (Å²) in [6, 6.07) is 17.5. The third kappa shape index (κ3) is 4.22. The van der Waals surface area contributed by atoms with Gasteiger partial charge in [-0.05, 0) is 25.1 Å². The van der Waals surface area contributed by atoms with Gasteiger partial charge in [0.1, 0.15) is 17.3 Å². The smallest absolute Gasteiger partial charge is 0.229 e. The van der Waals surface area contributed by atoms with Crippen LogP contribution in [-0.2, 0) is 6.54 Å². The van der Waals surface area contributed by atoms with Crippen LogP contribution in [0.2, 0.25) is 0 Å². The van der Waals surface area contributed by atoms with Gasteiger partial charge in [-0.1, -0.05) is 30.3 Å². The van der Waals surface area contributed by atoms with Gasteiger partial charge in [-0.3, -0.25) is 0 Å². The number of nitrogens with one attached hydrogen (secondary N) is 2. The summed E-state index contributed by atoms with van der Waals surface area (Å²) in [5.41, 5.74) is 2.74. The fraction of sp³-hybridized carbons (Fsp3) is 0.200. The number of anilines is 3. The Labute approximate surface area is 153 Å². The highest BCUT2D eigenvalue weighted by Gasteiger charge is 2.07. The van der Waals surface area contributed by atoms with Crippen molar-refractivity contribution in [1.82, 2.24) is 9.97 Å². The molecule has 6 heteroatoms. The fourth-order valence-corrected chi connectivity index (χ4v) is 2.62. The maximum atomic E-state index is 5.39. The van der Waals surface area contributed by atoms with E-state index in [0.717, 1.165) is 34.3 Å². The van der Waals surface area contributed by atoms with E-state index in [2.05, 4.69) is 20.6 Å². The van der Waals surface area contributed by atoms with E-state index in [1.807, 2.05) is 61.5 Å². The van der Waals surface area contributed by atoms with Gasteiger partial charge in [0.05, 0.1) is 19.9 Å². The van der Waals surface area contributed by atoms with E-state index < -0.39 is 0 Å². The number of aryl methyl sites for hydroxylation is 1. The maximum absolute atomic E-state index is 5.39. The Balaban J connectivity index is 1.77. The molecule has 1 heterocycles. The quantitative estimate of drug-likeness (QED) is 0.667. The molecular formula is C20H22N4O2. The summed E-state index contributed by atoms with van der Waals surface area (Å²) >= 11 is 0. The van der Waals surface area contributed by atoms with Crippen LogP contribution in [0.5, 0.6) is 11.5 Å². The zero-order valence-corrected chi connectivity index (χ0v) is 15.1. The number of benzene rings is 2. The van der Waals surface area contributed by atoms with Crippen molar-refractivity contribution in [2.45, 2.75) is 13.5 Å². The van der Waals surface area contributed by atoms with Crippen LogP contribution < -0.4 is 20.1 Å². The Hall–Kier alpha value is -3.28. The van der Waals surface area contributed by atoms with Crippen molar-refractivity contribution in [2.75, 3.05) is 24.9 Å². The van der Waals surface area contributed by atoms with Gasteiger partial charge < -0.3 is 20.1 Å². The van der Waals surface area contributed by atoms with E-state index in [4.69, 9.17) is 9.47 Å². The third-order valence-corrected chi connectivity index (χ3v) is 3.86. The van der Waals surface area contributed by atoms with E-state index in [-0.39, 0.29) is 0 Å². The van der Waals surface area contributed by atoms with Crippen LogP contribution in [0.4, 0.5) is 17.5 Å². The summed E-state index contributed by atoms with van der Waals surface area (Å²) in [6.07, 6.45) is 0. The molecule has 0 aliphatic heterocycles. The van der Waals surface area contributed by atoms with Gasteiger partial charge in [-0.25, -0.2) is 4.98 Å². The first-order chi connectivity index (χ1) is 12.7. The highest BCUT2D eigenvalue weighted by atomic mass is 16.5. The molecule has 0 bridgehead atoms. The molecule has 0 aliphatic carbocycles. The lowest BCUT2D eigenvalue weighted by Gasteiger charge is -2.13. The molecule has 2 N–H and O–H groups in total. The van der Waals surface area contributed by atoms with Crippen LogP contribution in [0.15, 0.2) is 54.6 Å². The Morgan fingerprint density at radius 3 is 2.35 bits per heavy atom. The zero-order chi connectivity index (χ0) is 18.4. The Morgan fingerprint density at radius 2 is 1.58 bits per heavy atom. The molecule has 0 spiro atoms. The van der Waals surface area contributed by atoms with Crippen LogP contribution in [0, 0.1) is 6.92 Å². The lowest BCUT2D eigenvalue weighted by molar-refractivity contribution is 0.410. The van der Waals surface area contributed by atoms with E-state index in [1.54, 1.807) is 14.2 Å². The minimum atomic E-state index is 0.511. The Morgan fingerprint density at radius 1 is 0.885 bits per heavy atom. The van der Waals surface area contributed by atoms with Crippen molar-refractivity contribution in [3.8, 4) is 11.5 Å². The molecule has 0 amide bonds. The topological polar surface area (TPSA) is 68.3 Å². The average molecular weight is 350 g/mol. The van der Waals surface area contributed by atoms with E-state index in [1.165, 1.54) is 0 Å². The fourth-order valence-electron chi connectivity index (χ4n) is 2.62. The average Bonchev–Trinajstić information content (AvgIpc) is 2.66. The van der Waals surface area contributed by atoms with Gasteiger partial charge >= 0.3 is 0 Å². The first-order valence-electron chi connectivity index (χ1n) is 8.31. The minimum absolute atomic E-state index is 0.511. The lowest BCUT2D eigenvalue weighted by atomic mass is 10.2. The SMILES string of the molecule is COc1ccccc1CNc1cc(C)nc(Nc2ccccc2OC)n1. The molecule has 0 aliphatic rings. The largest absolute Gasteiger partial charge is 0.496 e. The Kier molecular flexibility index (Phi) is 5.53. The summed E-state index contributed by atoms with van der Waals surface area (Å²) < 4.78 is 10.7. The van der Waals surface area contributed by atoms with Crippen molar-refractivity contribution in [1.29, 1.82) is 0 Å². The van der Waals surface area contributed by atoms with Gasteiger partial charge in [-0.15, -0.1) is 0 Å². The van der Waals surface area contributed by atoms with Crippen LogP contribution in [-0.4, -0.2) is 24.2 Å². The molecule has 3 aromatic rings. The van der Waals surface area contributed by atoms with E-state index >= 15 is 0 Å². The molecule has 3 rings (SSSR count). The van der Waals surface area contributed by atoms with Crippen molar-refractivity contribution in [3.63, 3.8) is 0 Å². The molecule has 0 atom stereocenters. The van der Waals surface area contributed by atoms with Gasteiger partial charge in [0.2, 0.25) is 5.95 Å². The number of hydrogen-bond acceptors (Lipinski definition) is 6. The van der Waals surface area contributed by atoms with Gasteiger partial charge in [-0.2, -0.15) is 4.98 Å². The number of nitrogens with zero attached hydrogens (tertiary/aromatic N) is 2. The molecule has 0 saturated heterocycles. The van der Waals surface area contributed by atoms with Crippen molar-refractivity contribution in [2.24, 2.45) is 0 Å². The van der Waals surface area contributed by atoms with Crippen molar-refractivity contribution >= 4 is 17.5 Å². The van der Waals surface area contributed by atoms with Gasteiger partial charge in [0, 0.05) is 23.9 Å². The Bertz CT molecular complexity index is 883. The summed E-state index contributed by atoms with van der Waals surface area (Å²) in [6.45, 7) is 2.54. The van der Waals surface area contributed by atoms with Crippen LogP contribution in [0.3, 0.4) is 0 Å².